The van der Waals surface area contributed by atoms with Crippen LogP contribution in [0.4, 0.5) is 0 Å². The van der Waals surface area contributed by atoms with Gasteiger partial charge in [0.25, 0.3) is 0 Å². The fraction of sp³-hybridized carbons (Fsp3) is 0.750. The molecule has 0 aliphatic heterocycles. The molecule has 0 amide bonds. The summed E-state index contributed by atoms with van der Waals surface area (Å²) in [5, 5.41) is 9.50. The van der Waals surface area contributed by atoms with Gasteiger partial charge in [-0.05, 0) is 27.6 Å². The third kappa shape index (κ3) is 26.4. The van der Waals surface area contributed by atoms with Gasteiger partial charge in [-0.15, -0.1) is 22.7 Å². The summed E-state index contributed by atoms with van der Waals surface area (Å²) in [6.45, 7) is 10.1. The van der Waals surface area contributed by atoms with Crippen molar-refractivity contribution in [3.63, 3.8) is 0 Å². The van der Waals surface area contributed by atoms with E-state index in [2.05, 4.69) is 22.9 Å². The van der Waals surface area contributed by atoms with Crippen molar-refractivity contribution in [3.8, 4) is 22.9 Å². The van der Waals surface area contributed by atoms with E-state index in [4.69, 9.17) is 19.8 Å². The van der Waals surface area contributed by atoms with E-state index >= 15 is 0 Å². The molecule has 0 aromatic carbocycles. The summed E-state index contributed by atoms with van der Waals surface area (Å²) in [5.41, 5.74) is 3.93. The van der Waals surface area contributed by atoms with Crippen LogP contribution in [-0.4, -0.2) is 31.7 Å². The molecule has 0 heterocycles. The van der Waals surface area contributed by atoms with Gasteiger partial charge in [-0.1, -0.05) is 51.1 Å². The van der Waals surface area contributed by atoms with Gasteiger partial charge in [-0.2, -0.15) is 0 Å². The first-order chi connectivity index (χ1) is 10.9. The first kappa shape index (κ1) is 12.4. The summed E-state index contributed by atoms with van der Waals surface area (Å²) in [5.74, 6) is 5.10. The van der Waals surface area contributed by atoms with Crippen molar-refractivity contribution in [2.24, 2.45) is 0 Å². The Labute approximate surface area is 142 Å². The highest BCUT2D eigenvalue weighted by Crippen LogP contribution is 2.10. The second-order valence-corrected chi connectivity index (χ2v) is 17.3. The van der Waals surface area contributed by atoms with Crippen LogP contribution in [0.3, 0.4) is 0 Å². The number of hydrogen-bond donors (Lipinski definition) is 1. The predicted octanol–water partition coefficient (Wildman–Crippen LogP) is 4.52. The Bertz CT molecular complexity index is 534. The molecule has 0 spiro atoms. The highest BCUT2D eigenvalue weighted by molar-refractivity contribution is 6.84. The van der Waals surface area contributed by atoms with Crippen molar-refractivity contribution in [2.45, 2.75) is 77.3 Å². The van der Waals surface area contributed by atoms with Crippen molar-refractivity contribution >= 4 is 27.7 Å². The summed E-state index contributed by atoms with van der Waals surface area (Å²) >= 11 is 5.80. The maximum absolute atomic E-state index is 9.50. The summed E-state index contributed by atoms with van der Waals surface area (Å²) < 4.78 is 42.6. The zero-order chi connectivity index (χ0) is 21.8. The van der Waals surface area contributed by atoms with E-state index < -0.39 is 40.3 Å². The minimum atomic E-state index is -2.43. The molecule has 0 rings (SSSR count). The minimum Gasteiger partial charge on any atom is -0.378 e. The van der Waals surface area contributed by atoms with Crippen LogP contribution in [0, 0.1) is 22.9 Å². The second kappa shape index (κ2) is 7.71. The average molecular weight is 337 g/mol. The lowest BCUT2D eigenvalue weighted by Crippen LogP contribution is -2.21. The zero-order valence-electron chi connectivity index (χ0n) is 19.8. The van der Waals surface area contributed by atoms with Crippen LogP contribution < -0.4 is 0 Å². The third-order valence-corrected chi connectivity index (χ3v) is 3.20. The van der Waals surface area contributed by atoms with Crippen molar-refractivity contribution in [1.29, 1.82) is 0 Å². The van der Waals surface area contributed by atoms with E-state index in [9.17, 15) is 5.11 Å². The molecule has 116 valence electrons. The highest BCUT2D eigenvalue weighted by atomic mass is 35.5. The van der Waals surface area contributed by atoms with E-state index in [0.717, 1.165) is 0 Å². The molecule has 0 saturated heterocycles. The van der Waals surface area contributed by atoms with Crippen molar-refractivity contribution in [1.82, 2.24) is 0 Å². The van der Waals surface area contributed by atoms with Crippen LogP contribution >= 0.6 is 11.6 Å². The van der Waals surface area contributed by atoms with Crippen LogP contribution in [0.2, 0.25) is 39.3 Å². The normalized spacial score (nSPS) is 22.7. The molecule has 1 N–H and O–H groups in total. The number of halogens is 1. The molecule has 0 aliphatic rings. The largest absolute Gasteiger partial charge is 0.378 e. The summed E-state index contributed by atoms with van der Waals surface area (Å²) in [6.07, 6.45) is 0. The van der Waals surface area contributed by atoms with Crippen molar-refractivity contribution in [2.75, 3.05) is 0 Å². The van der Waals surface area contributed by atoms with Gasteiger partial charge in [0.05, 0.1) is 4.87 Å². The Morgan fingerprint density at radius 3 is 1.60 bits per heavy atom. The van der Waals surface area contributed by atoms with Crippen LogP contribution in [-0.2, 0) is 0 Å². The van der Waals surface area contributed by atoms with Gasteiger partial charge >= 0.3 is 0 Å². The number of alkyl halides is 1. The quantitative estimate of drug-likeness (QED) is 0.391. The second-order valence-electron chi connectivity index (χ2n) is 7.08. The SMILES string of the molecule is [2H]C([2H])([2H])C(C)(Cl)C#C[Si](C)(C)C.[2H]C([2H])([2H])C(C)(O)C#C[Si](C)(C)C. The van der Waals surface area contributed by atoms with Crippen molar-refractivity contribution in [3.05, 3.63) is 0 Å². The monoisotopic (exact) mass is 336 g/mol. The summed E-state index contributed by atoms with van der Waals surface area (Å²) in [7, 11) is -3.16. The topological polar surface area (TPSA) is 20.2 Å². The fourth-order valence-electron chi connectivity index (χ4n) is 0.614. The maximum Gasteiger partial charge on any atom is 0.129 e. The molecule has 0 saturated carbocycles. The summed E-state index contributed by atoms with van der Waals surface area (Å²) in [4.78, 5) is -1.41. The molecule has 1 nitrogen and oxygen atoms in total. The first-order valence-electron chi connectivity index (χ1n) is 9.41. The molecule has 0 bridgehead atoms. The Kier molecular flexibility index (Phi) is 4.76. The van der Waals surface area contributed by atoms with E-state index in [-0.39, 0.29) is 0 Å². The van der Waals surface area contributed by atoms with Gasteiger partial charge in [0.2, 0.25) is 0 Å². The molecule has 20 heavy (non-hydrogen) atoms. The fourth-order valence-corrected chi connectivity index (χ4v) is 1.98. The van der Waals surface area contributed by atoms with E-state index in [0.29, 0.717) is 0 Å². The standard InChI is InChI=1S/C8H15ClSi.C8H16OSi/c2*1-8(2,9)6-7-10(3,4)5/h1-5H3;9H,1-5H3/i2*1D3. The average Bonchev–Trinajstić information content (AvgIpc) is 2.31. The number of hydrogen-bond acceptors (Lipinski definition) is 1. The predicted molar refractivity (Wildman–Crippen MR) is 98.5 cm³/mol. The lowest BCUT2D eigenvalue weighted by molar-refractivity contribution is 0.143. The molecule has 0 aromatic heterocycles. The Morgan fingerprint density at radius 2 is 1.30 bits per heavy atom. The number of aliphatic hydroxyl groups is 1. The molecular weight excluding hydrogens is 300 g/mol. The van der Waals surface area contributed by atoms with Gasteiger partial charge in [-0.3, -0.25) is 0 Å². The van der Waals surface area contributed by atoms with Gasteiger partial charge in [0.15, 0.2) is 0 Å². The Morgan fingerprint density at radius 1 is 0.900 bits per heavy atom. The van der Waals surface area contributed by atoms with Crippen LogP contribution in [0.25, 0.3) is 0 Å². The van der Waals surface area contributed by atoms with E-state index in [1.54, 1.807) is 0 Å². The Balaban J connectivity index is 0. The molecule has 2 unspecified atom stereocenters. The smallest absolute Gasteiger partial charge is 0.129 e. The lowest BCUT2D eigenvalue weighted by Gasteiger charge is -2.09. The molecule has 2 atom stereocenters. The first-order valence-corrected chi connectivity index (χ1v) is 13.8. The zero-order valence-corrected chi connectivity index (χ0v) is 16.6. The highest BCUT2D eigenvalue weighted by Gasteiger charge is 2.12. The van der Waals surface area contributed by atoms with E-state index in [1.165, 1.54) is 13.8 Å². The molecule has 4 heteroatoms. The van der Waals surface area contributed by atoms with Crippen LogP contribution in [0.15, 0.2) is 0 Å². The third-order valence-electron chi connectivity index (χ3n) is 1.35. The van der Waals surface area contributed by atoms with Gasteiger partial charge in [-0.25, -0.2) is 0 Å². The van der Waals surface area contributed by atoms with E-state index in [1.807, 2.05) is 39.3 Å². The Hall–Kier alpha value is -0.196. The van der Waals surface area contributed by atoms with Gasteiger partial charge in [0.1, 0.15) is 21.7 Å². The molecule has 0 aliphatic carbocycles. The number of rotatable bonds is 0. The maximum atomic E-state index is 9.50. The molecule has 0 aromatic rings. The van der Waals surface area contributed by atoms with Gasteiger partial charge in [0, 0.05) is 8.22 Å². The molecular formula is C16H31ClOSi2. The lowest BCUT2D eigenvalue weighted by atomic mass is 10.2. The summed E-state index contributed by atoms with van der Waals surface area (Å²) in [6, 6.07) is 0. The van der Waals surface area contributed by atoms with Crippen LogP contribution in [0.1, 0.15) is 35.8 Å². The molecule has 0 radical (unpaired) electrons. The molecule has 0 fully saturated rings. The minimum absolute atomic E-state index is 1.23. The van der Waals surface area contributed by atoms with Crippen LogP contribution in [0.5, 0.6) is 0 Å². The van der Waals surface area contributed by atoms with Crippen molar-refractivity contribution < 1.29 is 13.3 Å². The van der Waals surface area contributed by atoms with Gasteiger partial charge < -0.3 is 5.11 Å².